The van der Waals surface area contributed by atoms with E-state index < -0.39 is 0 Å². The number of nitrogens with one attached hydrogen (secondary N) is 1. The standard InChI is InChI=1S/C8H10N4/c9-3-2-8(6-10-7-8)12-5-1-4-11-12/h1,4-5,10H,2,6-7H2. The monoisotopic (exact) mass is 162 g/mol. The molecule has 0 spiro atoms. The average molecular weight is 162 g/mol. The van der Waals surface area contributed by atoms with Gasteiger partial charge in [0.05, 0.1) is 12.5 Å². The lowest BCUT2D eigenvalue weighted by atomic mass is 9.89. The quantitative estimate of drug-likeness (QED) is 0.670. The zero-order valence-corrected chi connectivity index (χ0v) is 6.70. The molecule has 0 amide bonds. The average Bonchev–Trinajstić information content (AvgIpc) is 2.48. The van der Waals surface area contributed by atoms with E-state index in [9.17, 15) is 0 Å². The molecule has 0 aliphatic carbocycles. The van der Waals surface area contributed by atoms with E-state index in [-0.39, 0.29) is 5.54 Å². The van der Waals surface area contributed by atoms with Crippen molar-refractivity contribution in [2.24, 2.45) is 0 Å². The topological polar surface area (TPSA) is 53.6 Å². The van der Waals surface area contributed by atoms with Crippen LogP contribution in [-0.4, -0.2) is 22.9 Å². The molecule has 0 saturated carbocycles. The van der Waals surface area contributed by atoms with E-state index in [0.29, 0.717) is 6.42 Å². The minimum atomic E-state index is -0.0712. The molecule has 0 atom stereocenters. The fourth-order valence-corrected chi connectivity index (χ4v) is 1.48. The lowest BCUT2D eigenvalue weighted by molar-refractivity contribution is 0.160. The van der Waals surface area contributed by atoms with E-state index in [4.69, 9.17) is 5.26 Å². The van der Waals surface area contributed by atoms with Gasteiger partial charge in [-0.3, -0.25) is 4.68 Å². The molecule has 12 heavy (non-hydrogen) atoms. The molecule has 0 unspecified atom stereocenters. The van der Waals surface area contributed by atoms with Gasteiger partial charge in [-0.25, -0.2) is 0 Å². The van der Waals surface area contributed by atoms with Crippen molar-refractivity contribution in [2.75, 3.05) is 13.1 Å². The Kier molecular flexibility index (Phi) is 1.59. The van der Waals surface area contributed by atoms with Crippen LogP contribution in [0.5, 0.6) is 0 Å². The first-order valence-electron chi connectivity index (χ1n) is 3.95. The fraction of sp³-hybridized carbons (Fsp3) is 0.500. The molecule has 62 valence electrons. The molecule has 4 nitrogen and oxygen atoms in total. The molecule has 1 aromatic rings. The SMILES string of the molecule is N#CCC1(n2cccn2)CNC1. The van der Waals surface area contributed by atoms with Crippen LogP contribution in [0.1, 0.15) is 6.42 Å². The maximum atomic E-state index is 8.65. The van der Waals surface area contributed by atoms with Crippen LogP contribution in [0, 0.1) is 11.3 Å². The number of hydrogen-bond donors (Lipinski definition) is 1. The van der Waals surface area contributed by atoms with Crippen LogP contribution >= 0.6 is 0 Å². The highest BCUT2D eigenvalue weighted by molar-refractivity contribution is 5.04. The van der Waals surface area contributed by atoms with E-state index in [1.54, 1.807) is 6.20 Å². The van der Waals surface area contributed by atoms with Gasteiger partial charge in [-0.15, -0.1) is 0 Å². The van der Waals surface area contributed by atoms with E-state index in [1.165, 1.54) is 0 Å². The number of hydrogen-bond acceptors (Lipinski definition) is 3. The maximum absolute atomic E-state index is 8.65. The summed E-state index contributed by atoms with van der Waals surface area (Å²) in [5, 5.41) is 16.0. The van der Waals surface area contributed by atoms with Gasteiger partial charge < -0.3 is 5.32 Å². The van der Waals surface area contributed by atoms with E-state index >= 15 is 0 Å². The van der Waals surface area contributed by atoms with Gasteiger partial charge in [0.15, 0.2) is 0 Å². The number of aromatic nitrogens is 2. The Labute approximate surface area is 70.8 Å². The summed E-state index contributed by atoms with van der Waals surface area (Å²) < 4.78 is 1.88. The molecule has 2 rings (SSSR count). The van der Waals surface area contributed by atoms with E-state index in [2.05, 4.69) is 16.5 Å². The van der Waals surface area contributed by atoms with Crippen molar-refractivity contribution in [3.8, 4) is 6.07 Å². The largest absolute Gasteiger partial charge is 0.312 e. The van der Waals surface area contributed by atoms with Crippen LogP contribution in [0.4, 0.5) is 0 Å². The van der Waals surface area contributed by atoms with Gasteiger partial charge in [0.25, 0.3) is 0 Å². The summed E-state index contributed by atoms with van der Waals surface area (Å²) in [6.07, 6.45) is 4.19. The molecule has 2 heterocycles. The van der Waals surface area contributed by atoms with Gasteiger partial charge in [0.1, 0.15) is 5.54 Å². The number of nitriles is 1. The van der Waals surface area contributed by atoms with Gasteiger partial charge in [0.2, 0.25) is 0 Å². The summed E-state index contributed by atoms with van der Waals surface area (Å²) in [6, 6.07) is 4.08. The van der Waals surface area contributed by atoms with Gasteiger partial charge in [-0.1, -0.05) is 0 Å². The van der Waals surface area contributed by atoms with Gasteiger partial charge in [-0.05, 0) is 6.07 Å². The van der Waals surface area contributed by atoms with Crippen molar-refractivity contribution in [1.29, 1.82) is 5.26 Å². The predicted molar refractivity (Wildman–Crippen MR) is 43.3 cm³/mol. The molecule has 0 aromatic carbocycles. The molecule has 0 radical (unpaired) electrons. The normalized spacial score (nSPS) is 19.6. The molecule has 1 aliphatic heterocycles. The number of rotatable bonds is 2. The summed E-state index contributed by atoms with van der Waals surface area (Å²) in [5.74, 6) is 0. The lowest BCUT2D eigenvalue weighted by Gasteiger charge is -2.41. The van der Waals surface area contributed by atoms with Gasteiger partial charge in [0, 0.05) is 25.5 Å². The van der Waals surface area contributed by atoms with Crippen molar-refractivity contribution in [3.63, 3.8) is 0 Å². The zero-order chi connectivity index (χ0) is 8.44. The highest BCUT2D eigenvalue weighted by Gasteiger charge is 2.39. The number of nitrogens with zero attached hydrogens (tertiary/aromatic N) is 3. The molecule has 1 N–H and O–H groups in total. The van der Waals surface area contributed by atoms with Gasteiger partial charge in [-0.2, -0.15) is 10.4 Å². The predicted octanol–water partition coefficient (Wildman–Crippen LogP) is 0.0953. The Bertz CT molecular complexity index is 291. The molecular formula is C8H10N4. The molecule has 1 fully saturated rings. The second-order valence-electron chi connectivity index (χ2n) is 3.11. The van der Waals surface area contributed by atoms with Gasteiger partial charge >= 0.3 is 0 Å². The molecule has 1 aromatic heterocycles. The van der Waals surface area contributed by atoms with Crippen molar-refractivity contribution in [3.05, 3.63) is 18.5 Å². The summed E-state index contributed by atoms with van der Waals surface area (Å²) in [5.41, 5.74) is -0.0712. The van der Waals surface area contributed by atoms with Crippen molar-refractivity contribution >= 4 is 0 Å². The molecule has 1 saturated heterocycles. The highest BCUT2D eigenvalue weighted by atomic mass is 15.4. The summed E-state index contributed by atoms with van der Waals surface area (Å²) in [4.78, 5) is 0. The fourth-order valence-electron chi connectivity index (χ4n) is 1.48. The Morgan fingerprint density at radius 3 is 2.92 bits per heavy atom. The minimum absolute atomic E-state index is 0.0712. The third-order valence-corrected chi connectivity index (χ3v) is 2.31. The Hall–Kier alpha value is -1.34. The summed E-state index contributed by atoms with van der Waals surface area (Å²) in [7, 11) is 0. The first-order valence-corrected chi connectivity index (χ1v) is 3.95. The van der Waals surface area contributed by atoms with Crippen LogP contribution in [0.25, 0.3) is 0 Å². The smallest absolute Gasteiger partial charge is 0.100 e. The second kappa shape index (κ2) is 2.61. The van der Waals surface area contributed by atoms with Crippen molar-refractivity contribution < 1.29 is 0 Å². The lowest BCUT2D eigenvalue weighted by Crippen LogP contribution is -2.60. The minimum Gasteiger partial charge on any atom is -0.312 e. The van der Waals surface area contributed by atoms with Crippen LogP contribution in [0.15, 0.2) is 18.5 Å². The van der Waals surface area contributed by atoms with Crippen molar-refractivity contribution in [2.45, 2.75) is 12.0 Å². The highest BCUT2D eigenvalue weighted by Crippen LogP contribution is 2.23. The zero-order valence-electron chi connectivity index (χ0n) is 6.70. The van der Waals surface area contributed by atoms with Crippen molar-refractivity contribution in [1.82, 2.24) is 15.1 Å². The van der Waals surface area contributed by atoms with Crippen LogP contribution < -0.4 is 5.32 Å². The first-order chi connectivity index (χ1) is 5.87. The Morgan fingerprint density at radius 1 is 1.67 bits per heavy atom. The maximum Gasteiger partial charge on any atom is 0.100 e. The molecular weight excluding hydrogens is 152 g/mol. The Balaban J connectivity index is 2.24. The second-order valence-corrected chi connectivity index (χ2v) is 3.11. The summed E-state index contributed by atoms with van der Waals surface area (Å²) >= 11 is 0. The van der Waals surface area contributed by atoms with E-state index in [1.807, 2.05) is 16.9 Å². The third kappa shape index (κ3) is 0.908. The third-order valence-electron chi connectivity index (χ3n) is 2.31. The molecule has 4 heteroatoms. The van der Waals surface area contributed by atoms with Crippen LogP contribution in [-0.2, 0) is 5.54 Å². The van der Waals surface area contributed by atoms with E-state index in [0.717, 1.165) is 13.1 Å². The first kappa shape index (κ1) is 7.32. The van der Waals surface area contributed by atoms with Crippen LogP contribution in [0.2, 0.25) is 0 Å². The molecule has 1 aliphatic rings. The molecule has 0 bridgehead atoms. The van der Waals surface area contributed by atoms with Crippen LogP contribution in [0.3, 0.4) is 0 Å². The Morgan fingerprint density at radius 2 is 2.50 bits per heavy atom. The summed E-state index contributed by atoms with van der Waals surface area (Å²) in [6.45, 7) is 1.70.